The summed E-state index contributed by atoms with van der Waals surface area (Å²) in [7, 11) is 0. The van der Waals surface area contributed by atoms with Crippen LogP contribution in [0.4, 0.5) is 16.2 Å². The van der Waals surface area contributed by atoms with E-state index in [1.807, 2.05) is 23.1 Å². The Kier molecular flexibility index (Phi) is 6.44. The number of hydrogen-bond acceptors (Lipinski definition) is 2. The molecule has 0 atom stereocenters. The number of urea groups is 1. The smallest absolute Gasteiger partial charge is 0.308 e. The second-order valence-corrected chi connectivity index (χ2v) is 9.87. The highest BCUT2D eigenvalue weighted by atomic mass is 35.5. The summed E-state index contributed by atoms with van der Waals surface area (Å²) in [6.45, 7) is 5.86. The predicted octanol–water partition coefficient (Wildman–Crippen LogP) is 6.75. The molecule has 174 valence electrons. The lowest BCUT2D eigenvalue weighted by Crippen LogP contribution is -2.46. The lowest BCUT2D eigenvalue weighted by molar-refractivity contribution is 0.180. The molecule has 2 aliphatic heterocycles. The molecule has 1 spiro atoms. The molecule has 1 fully saturated rings. The maximum atomic E-state index is 13.3. The van der Waals surface area contributed by atoms with Gasteiger partial charge >= 0.3 is 6.03 Å². The number of nitrogens with zero attached hydrogens (tertiary/aromatic N) is 2. The topological polar surface area (TPSA) is 35.6 Å². The number of piperidine rings is 1. The quantitative estimate of drug-likeness (QED) is 0.457. The van der Waals surface area contributed by atoms with Gasteiger partial charge in [0.05, 0.1) is 0 Å². The molecule has 0 radical (unpaired) electrons. The summed E-state index contributed by atoms with van der Waals surface area (Å²) >= 11 is 6.00. The van der Waals surface area contributed by atoms with Crippen LogP contribution in [0.5, 0.6) is 0 Å². The maximum Gasteiger partial charge on any atom is 0.326 e. The molecular formula is C29H30ClN3O. The van der Waals surface area contributed by atoms with Crippen LogP contribution in [0.2, 0.25) is 5.02 Å². The molecule has 5 rings (SSSR count). The van der Waals surface area contributed by atoms with Crippen molar-refractivity contribution in [3.05, 3.63) is 101 Å². The summed E-state index contributed by atoms with van der Waals surface area (Å²) in [5, 5.41) is 3.71. The van der Waals surface area contributed by atoms with Gasteiger partial charge in [0.25, 0.3) is 0 Å². The predicted molar refractivity (Wildman–Crippen MR) is 142 cm³/mol. The van der Waals surface area contributed by atoms with Crippen LogP contribution in [-0.2, 0) is 5.41 Å². The van der Waals surface area contributed by atoms with Crippen molar-refractivity contribution in [2.24, 2.45) is 0 Å². The van der Waals surface area contributed by atoms with E-state index in [4.69, 9.17) is 11.6 Å². The minimum atomic E-state index is -0.0856. The van der Waals surface area contributed by atoms with Gasteiger partial charge in [0, 0.05) is 34.9 Å². The van der Waals surface area contributed by atoms with Crippen LogP contribution in [0.1, 0.15) is 29.5 Å². The third-order valence-electron chi connectivity index (χ3n) is 7.10. The molecule has 4 nitrogen and oxygen atoms in total. The van der Waals surface area contributed by atoms with E-state index in [9.17, 15) is 4.79 Å². The minimum absolute atomic E-state index is 0.0122. The molecule has 1 saturated heterocycles. The summed E-state index contributed by atoms with van der Waals surface area (Å²) in [5.74, 6) is 0. The molecule has 2 amide bonds. The van der Waals surface area contributed by atoms with Gasteiger partial charge in [-0.1, -0.05) is 71.8 Å². The Morgan fingerprint density at radius 2 is 1.76 bits per heavy atom. The number of benzene rings is 3. The van der Waals surface area contributed by atoms with Gasteiger partial charge in [-0.3, -0.25) is 9.80 Å². The lowest BCUT2D eigenvalue weighted by Gasteiger charge is -2.39. The average molecular weight is 472 g/mol. The van der Waals surface area contributed by atoms with Crippen LogP contribution in [0, 0.1) is 6.92 Å². The Balaban J connectivity index is 1.29. The number of halogens is 1. The van der Waals surface area contributed by atoms with Crippen LogP contribution in [0.25, 0.3) is 6.08 Å². The van der Waals surface area contributed by atoms with Crippen LogP contribution in [-0.4, -0.2) is 37.1 Å². The number of rotatable bonds is 4. The van der Waals surface area contributed by atoms with Crippen molar-refractivity contribution in [1.82, 2.24) is 4.90 Å². The number of nitrogens with one attached hydrogen (secondary N) is 1. The van der Waals surface area contributed by atoms with E-state index >= 15 is 0 Å². The monoisotopic (exact) mass is 471 g/mol. The number of hydrogen-bond donors (Lipinski definition) is 1. The van der Waals surface area contributed by atoms with Gasteiger partial charge in [-0.15, -0.1) is 0 Å². The first-order valence-electron chi connectivity index (χ1n) is 11.9. The van der Waals surface area contributed by atoms with Crippen molar-refractivity contribution in [3.63, 3.8) is 0 Å². The molecule has 3 aromatic carbocycles. The van der Waals surface area contributed by atoms with Gasteiger partial charge in [-0.25, -0.2) is 4.79 Å². The zero-order valence-electron chi connectivity index (χ0n) is 19.5. The van der Waals surface area contributed by atoms with Crippen molar-refractivity contribution in [3.8, 4) is 0 Å². The molecular weight excluding hydrogens is 442 g/mol. The molecule has 0 unspecified atom stereocenters. The average Bonchev–Trinajstić information content (AvgIpc) is 3.16. The highest BCUT2D eigenvalue weighted by molar-refractivity contribution is 6.30. The van der Waals surface area contributed by atoms with E-state index in [0.717, 1.165) is 50.4 Å². The highest BCUT2D eigenvalue weighted by Gasteiger charge is 2.46. The molecule has 3 aromatic rings. The zero-order valence-corrected chi connectivity index (χ0v) is 20.3. The highest BCUT2D eigenvalue weighted by Crippen LogP contribution is 2.47. The van der Waals surface area contributed by atoms with Gasteiger partial charge in [0.2, 0.25) is 0 Å². The summed E-state index contributed by atoms with van der Waals surface area (Å²) in [6, 6.07) is 24.1. The molecule has 5 heteroatoms. The summed E-state index contributed by atoms with van der Waals surface area (Å²) in [5.41, 5.74) is 5.60. The molecule has 2 heterocycles. The SMILES string of the molecule is Cc1ccc2c(c1)C1(CCN(CC=Cc3ccccc3)CC1)CN2C(=O)Nc1ccc(Cl)cc1. The first-order valence-corrected chi connectivity index (χ1v) is 12.3. The van der Waals surface area contributed by atoms with Crippen molar-refractivity contribution in [2.75, 3.05) is 36.4 Å². The second kappa shape index (κ2) is 9.65. The van der Waals surface area contributed by atoms with E-state index < -0.39 is 0 Å². The van der Waals surface area contributed by atoms with Gasteiger partial charge in [0.15, 0.2) is 0 Å². The summed E-state index contributed by atoms with van der Waals surface area (Å²) < 4.78 is 0. The minimum Gasteiger partial charge on any atom is -0.308 e. The van der Waals surface area contributed by atoms with Gasteiger partial charge < -0.3 is 5.32 Å². The third-order valence-corrected chi connectivity index (χ3v) is 7.35. The largest absolute Gasteiger partial charge is 0.326 e. The maximum absolute atomic E-state index is 13.3. The third kappa shape index (κ3) is 4.75. The number of anilines is 2. The van der Waals surface area contributed by atoms with E-state index in [-0.39, 0.29) is 11.4 Å². The Hall–Kier alpha value is -3.08. The number of fused-ring (bicyclic) bond motifs is 2. The van der Waals surface area contributed by atoms with Gasteiger partial charge in [-0.05, 0) is 74.3 Å². The van der Waals surface area contributed by atoms with Crippen molar-refractivity contribution < 1.29 is 4.79 Å². The number of aryl methyl sites for hydroxylation is 1. The van der Waals surface area contributed by atoms with E-state index in [1.165, 1.54) is 16.7 Å². The van der Waals surface area contributed by atoms with Crippen LogP contribution in [0.3, 0.4) is 0 Å². The normalized spacial score (nSPS) is 17.3. The number of amides is 2. The zero-order chi connectivity index (χ0) is 23.5. The molecule has 0 saturated carbocycles. The van der Waals surface area contributed by atoms with Crippen molar-refractivity contribution >= 4 is 35.1 Å². The molecule has 0 aliphatic carbocycles. The fourth-order valence-corrected chi connectivity index (χ4v) is 5.31. The Morgan fingerprint density at radius 1 is 1.03 bits per heavy atom. The second-order valence-electron chi connectivity index (χ2n) is 9.44. The van der Waals surface area contributed by atoms with Crippen LogP contribution in [0.15, 0.2) is 78.9 Å². The van der Waals surface area contributed by atoms with Crippen LogP contribution >= 0.6 is 11.6 Å². The van der Waals surface area contributed by atoms with Crippen molar-refractivity contribution in [1.29, 1.82) is 0 Å². The van der Waals surface area contributed by atoms with Gasteiger partial charge in [0.1, 0.15) is 0 Å². The molecule has 0 aromatic heterocycles. The Morgan fingerprint density at radius 3 is 2.50 bits per heavy atom. The number of carbonyl (C=O) groups excluding carboxylic acids is 1. The fraction of sp³-hybridized carbons (Fsp3) is 0.276. The lowest BCUT2D eigenvalue weighted by atomic mass is 9.74. The van der Waals surface area contributed by atoms with E-state index in [1.54, 1.807) is 12.1 Å². The first kappa shape index (κ1) is 22.7. The molecule has 2 aliphatic rings. The van der Waals surface area contributed by atoms with Gasteiger partial charge in [-0.2, -0.15) is 0 Å². The molecule has 34 heavy (non-hydrogen) atoms. The number of carbonyl (C=O) groups is 1. The van der Waals surface area contributed by atoms with E-state index in [0.29, 0.717) is 5.02 Å². The Bertz CT molecular complexity index is 1180. The first-order chi connectivity index (χ1) is 16.5. The summed E-state index contributed by atoms with van der Waals surface area (Å²) in [4.78, 5) is 17.7. The summed E-state index contributed by atoms with van der Waals surface area (Å²) in [6.07, 6.45) is 6.55. The molecule has 0 bridgehead atoms. The number of likely N-dealkylation sites (tertiary alicyclic amines) is 1. The van der Waals surface area contributed by atoms with Crippen molar-refractivity contribution in [2.45, 2.75) is 25.2 Å². The Labute approximate surface area is 206 Å². The standard InChI is InChI=1S/C29H30ClN3O/c1-22-9-14-27-26(20-22)29(21-33(27)28(34)31-25-12-10-24(30)11-13-25)15-18-32(19-16-29)17-5-8-23-6-3-2-4-7-23/h2-14,20H,15-19,21H2,1H3,(H,31,34). The van der Waals surface area contributed by atoms with E-state index in [2.05, 4.69) is 71.8 Å². The fourth-order valence-electron chi connectivity index (χ4n) is 5.18. The molecule has 1 N–H and O–H groups in total. The van der Waals surface area contributed by atoms with Crippen LogP contribution < -0.4 is 10.2 Å².